The molecule has 3 aromatic rings. The molecule has 1 aliphatic carbocycles. The van der Waals surface area contributed by atoms with Crippen molar-refractivity contribution in [2.75, 3.05) is 32.1 Å². The molecule has 5 rings (SSSR count). The highest BCUT2D eigenvalue weighted by molar-refractivity contribution is 5.88. The molecule has 1 aliphatic heterocycles. The van der Waals surface area contributed by atoms with Crippen LogP contribution in [0, 0.1) is 17.1 Å². The van der Waals surface area contributed by atoms with Gasteiger partial charge in [0, 0.05) is 31.0 Å². The molecule has 2 fully saturated rings. The van der Waals surface area contributed by atoms with E-state index in [1.54, 1.807) is 6.92 Å². The fourth-order valence-electron chi connectivity index (χ4n) is 4.74. The number of hydrogen-bond donors (Lipinski definition) is 1. The smallest absolute Gasteiger partial charge is 0.273 e. The highest BCUT2D eigenvalue weighted by atomic mass is 19.3. The molecule has 0 amide bonds. The molecule has 1 saturated carbocycles. The van der Waals surface area contributed by atoms with Gasteiger partial charge in [-0.2, -0.15) is 10.2 Å². The predicted octanol–water partition coefficient (Wildman–Crippen LogP) is 5.26. The van der Waals surface area contributed by atoms with Gasteiger partial charge in [-0.3, -0.25) is 0 Å². The Kier molecular flexibility index (Phi) is 6.44. The van der Waals surface area contributed by atoms with Gasteiger partial charge in [0.15, 0.2) is 5.65 Å². The quantitative estimate of drug-likeness (QED) is 0.420. The number of nitriles is 1. The summed E-state index contributed by atoms with van der Waals surface area (Å²) in [6, 6.07) is 7.51. The number of anilines is 1. The van der Waals surface area contributed by atoms with Crippen molar-refractivity contribution in [3.05, 3.63) is 52.6 Å². The number of fused-ring (bicyclic) bond motifs is 1. The Morgan fingerprint density at radius 2 is 2.00 bits per heavy atom. The molecule has 0 spiro atoms. The average molecular weight is 511 g/mol. The molecule has 10 heteroatoms. The first-order chi connectivity index (χ1) is 17.6. The van der Waals surface area contributed by atoms with Crippen LogP contribution in [0.4, 0.5) is 19.0 Å². The van der Waals surface area contributed by atoms with Crippen LogP contribution in [-0.4, -0.2) is 46.6 Å². The van der Waals surface area contributed by atoms with Crippen molar-refractivity contribution in [1.82, 2.24) is 19.9 Å². The zero-order chi connectivity index (χ0) is 26.4. The standard InChI is InChI=1S/C27H29F3N6O/c1-16(17-6-4-7-19(22(17)28)26(2,29)30)32-23-18-14-20(27(15-31)9-10-27)25(37-3)35-24(18)34-21(33-23)8-13-36-11-5-12-36/h4,6-7,14,16H,5,8-13H2,1-3H3,(H,32,33,34,35)/t16-/m1/s1. The van der Waals surface area contributed by atoms with Gasteiger partial charge in [0.1, 0.15) is 17.5 Å². The average Bonchev–Trinajstić information content (AvgIpc) is 3.63. The molecule has 1 saturated heterocycles. The summed E-state index contributed by atoms with van der Waals surface area (Å²) in [5, 5.41) is 13.6. The van der Waals surface area contributed by atoms with Crippen molar-refractivity contribution in [1.29, 1.82) is 5.26 Å². The Hall–Kier alpha value is -3.45. The topological polar surface area (TPSA) is 87.0 Å². The summed E-state index contributed by atoms with van der Waals surface area (Å²) in [6.45, 7) is 5.26. The molecule has 37 heavy (non-hydrogen) atoms. The van der Waals surface area contributed by atoms with Crippen molar-refractivity contribution in [2.45, 2.75) is 56.9 Å². The molecule has 0 unspecified atom stereocenters. The lowest BCUT2D eigenvalue weighted by Gasteiger charge is -2.30. The van der Waals surface area contributed by atoms with E-state index in [1.165, 1.54) is 25.7 Å². The first-order valence-electron chi connectivity index (χ1n) is 12.5. The molecule has 3 heterocycles. The van der Waals surface area contributed by atoms with Crippen molar-refractivity contribution >= 4 is 16.9 Å². The summed E-state index contributed by atoms with van der Waals surface area (Å²) in [5.74, 6) is -2.94. The molecule has 0 bridgehead atoms. The fraction of sp³-hybridized carbons (Fsp3) is 0.481. The van der Waals surface area contributed by atoms with E-state index in [-0.39, 0.29) is 5.56 Å². The van der Waals surface area contributed by atoms with Crippen LogP contribution >= 0.6 is 0 Å². The van der Waals surface area contributed by atoms with Gasteiger partial charge >= 0.3 is 0 Å². The SMILES string of the molecule is COc1nc2nc(CCN3CCC3)nc(N[C@H](C)c3cccc(C(C)(F)F)c3F)c2cc1C1(C#N)CC1. The third-order valence-electron chi connectivity index (χ3n) is 7.29. The maximum atomic E-state index is 15.1. The van der Waals surface area contributed by atoms with E-state index in [4.69, 9.17) is 9.72 Å². The first kappa shape index (κ1) is 25.2. The summed E-state index contributed by atoms with van der Waals surface area (Å²) in [6.07, 6.45) is 3.17. The zero-order valence-electron chi connectivity index (χ0n) is 21.1. The number of benzene rings is 1. The van der Waals surface area contributed by atoms with Gasteiger partial charge in [-0.05, 0) is 45.3 Å². The minimum Gasteiger partial charge on any atom is -0.481 e. The van der Waals surface area contributed by atoms with Crippen LogP contribution in [0.5, 0.6) is 5.88 Å². The summed E-state index contributed by atoms with van der Waals surface area (Å²) >= 11 is 0. The fourth-order valence-corrected chi connectivity index (χ4v) is 4.74. The van der Waals surface area contributed by atoms with Crippen molar-refractivity contribution in [3.8, 4) is 11.9 Å². The molecule has 1 aromatic carbocycles. The summed E-state index contributed by atoms with van der Waals surface area (Å²) in [7, 11) is 1.51. The van der Waals surface area contributed by atoms with Gasteiger partial charge in [-0.25, -0.2) is 23.1 Å². The number of hydrogen-bond acceptors (Lipinski definition) is 7. The lowest BCUT2D eigenvalue weighted by molar-refractivity contribution is 0.0136. The Balaban J connectivity index is 1.57. The molecular weight excluding hydrogens is 481 g/mol. The van der Waals surface area contributed by atoms with Crippen LogP contribution in [0.15, 0.2) is 24.3 Å². The lowest BCUT2D eigenvalue weighted by atomic mass is 9.97. The molecular formula is C27H29F3N6O. The monoisotopic (exact) mass is 510 g/mol. The minimum absolute atomic E-state index is 0.102. The second kappa shape index (κ2) is 9.45. The van der Waals surface area contributed by atoms with Crippen molar-refractivity contribution in [3.63, 3.8) is 0 Å². The number of methoxy groups -OCH3 is 1. The van der Waals surface area contributed by atoms with Gasteiger partial charge in [0.25, 0.3) is 5.92 Å². The van der Waals surface area contributed by atoms with E-state index in [9.17, 15) is 14.0 Å². The number of pyridine rings is 1. The van der Waals surface area contributed by atoms with Gasteiger partial charge in [-0.1, -0.05) is 18.2 Å². The minimum atomic E-state index is -3.31. The Bertz CT molecular complexity index is 1380. The number of aromatic nitrogens is 3. The zero-order valence-corrected chi connectivity index (χ0v) is 21.1. The second-order valence-corrected chi connectivity index (χ2v) is 10.0. The Labute approximate surface area is 213 Å². The van der Waals surface area contributed by atoms with Crippen LogP contribution in [0.25, 0.3) is 11.0 Å². The third kappa shape index (κ3) is 4.80. The number of rotatable bonds is 9. The van der Waals surface area contributed by atoms with E-state index in [0.29, 0.717) is 60.3 Å². The van der Waals surface area contributed by atoms with Crippen LogP contribution < -0.4 is 10.1 Å². The van der Waals surface area contributed by atoms with Gasteiger partial charge in [0.2, 0.25) is 5.88 Å². The summed E-state index contributed by atoms with van der Waals surface area (Å²) < 4.78 is 48.6. The van der Waals surface area contributed by atoms with Crippen molar-refractivity contribution in [2.24, 2.45) is 0 Å². The molecule has 194 valence electrons. The number of halogens is 3. The predicted molar refractivity (Wildman–Crippen MR) is 133 cm³/mol. The largest absolute Gasteiger partial charge is 0.481 e. The van der Waals surface area contributed by atoms with E-state index < -0.39 is 28.8 Å². The normalized spacial score (nSPS) is 17.6. The number of ether oxygens (including phenoxy) is 1. The summed E-state index contributed by atoms with van der Waals surface area (Å²) in [4.78, 5) is 16.3. The maximum absolute atomic E-state index is 15.1. The van der Waals surface area contributed by atoms with E-state index in [1.807, 2.05) is 6.07 Å². The number of likely N-dealkylation sites (tertiary alicyclic amines) is 1. The molecule has 0 radical (unpaired) electrons. The van der Waals surface area contributed by atoms with Crippen LogP contribution in [0.3, 0.4) is 0 Å². The third-order valence-corrected chi connectivity index (χ3v) is 7.29. The number of alkyl halides is 2. The highest BCUT2D eigenvalue weighted by Gasteiger charge is 2.47. The molecule has 1 N–H and O–H groups in total. The van der Waals surface area contributed by atoms with Gasteiger partial charge in [-0.15, -0.1) is 0 Å². The van der Waals surface area contributed by atoms with E-state index in [0.717, 1.165) is 25.7 Å². The Morgan fingerprint density at radius 1 is 1.24 bits per heavy atom. The number of nitrogens with zero attached hydrogens (tertiary/aromatic N) is 5. The van der Waals surface area contributed by atoms with Gasteiger partial charge < -0.3 is 15.0 Å². The molecule has 2 aliphatic rings. The van der Waals surface area contributed by atoms with Crippen LogP contribution in [0.2, 0.25) is 0 Å². The molecule has 2 aromatic heterocycles. The molecule has 7 nitrogen and oxygen atoms in total. The van der Waals surface area contributed by atoms with Crippen LogP contribution in [0.1, 0.15) is 61.7 Å². The second-order valence-electron chi connectivity index (χ2n) is 10.0. The highest BCUT2D eigenvalue weighted by Crippen LogP contribution is 2.51. The maximum Gasteiger partial charge on any atom is 0.273 e. The van der Waals surface area contributed by atoms with E-state index >= 15 is 4.39 Å². The molecule has 1 atom stereocenters. The van der Waals surface area contributed by atoms with Crippen molar-refractivity contribution < 1.29 is 17.9 Å². The summed E-state index contributed by atoms with van der Waals surface area (Å²) in [5.41, 5.74) is -0.160. The number of nitrogens with one attached hydrogen (secondary N) is 1. The van der Waals surface area contributed by atoms with Gasteiger partial charge in [0.05, 0.1) is 35.6 Å². The Morgan fingerprint density at radius 3 is 2.59 bits per heavy atom. The lowest BCUT2D eigenvalue weighted by Crippen LogP contribution is -2.38. The van der Waals surface area contributed by atoms with E-state index in [2.05, 4.69) is 26.3 Å². The first-order valence-corrected chi connectivity index (χ1v) is 12.5. The van der Waals surface area contributed by atoms with Crippen LogP contribution in [-0.2, 0) is 17.8 Å².